The molecule has 1 aromatic heterocycles. The molecule has 0 saturated heterocycles. The maximum absolute atomic E-state index is 11.1. The van der Waals surface area contributed by atoms with Gasteiger partial charge in [0.25, 0.3) is 5.52 Å². The highest BCUT2D eigenvalue weighted by atomic mass is 32.2. The fraction of sp³-hybridized carbons (Fsp3) is 0.222. The Bertz CT molecular complexity index is 628. The number of fused-ring (bicyclic) bond motifs is 1. The molecule has 2 N–H and O–H groups in total. The monoisotopic (exact) mass is 227 g/mol. The molecule has 1 aromatic carbocycles. The number of hydrogen-bond donors (Lipinski definition) is 1. The van der Waals surface area contributed by atoms with Crippen LogP contribution in [-0.4, -0.2) is 8.42 Å². The van der Waals surface area contributed by atoms with Gasteiger partial charge in [-0.05, 0) is 6.07 Å². The lowest BCUT2D eigenvalue weighted by atomic mass is 10.3. The number of nitrogens with zero attached hydrogens (tertiary/aromatic N) is 1. The van der Waals surface area contributed by atoms with Crippen LogP contribution in [0.15, 0.2) is 27.5 Å². The Morgan fingerprint density at radius 1 is 1.40 bits per heavy atom. The van der Waals surface area contributed by atoms with Gasteiger partial charge < -0.3 is 4.42 Å². The van der Waals surface area contributed by atoms with Crippen LogP contribution in [-0.2, 0) is 17.1 Å². The standard InChI is InChI=1S/C9H11N2O3S/c1-6-11(2)8-4-3-7(15(10,12)13)5-9(8)14-6/h3-5H,1-2H3,(H2,10,12,13)/q+1. The summed E-state index contributed by atoms with van der Waals surface area (Å²) in [4.78, 5) is 0.0596. The van der Waals surface area contributed by atoms with Gasteiger partial charge in [-0.3, -0.25) is 0 Å². The molecule has 0 radical (unpaired) electrons. The number of primary sulfonamides is 1. The topological polar surface area (TPSA) is 77.2 Å². The molecule has 15 heavy (non-hydrogen) atoms. The molecule has 0 spiro atoms. The van der Waals surface area contributed by atoms with Crippen molar-refractivity contribution in [1.82, 2.24) is 0 Å². The molecule has 2 rings (SSSR count). The molecule has 0 bridgehead atoms. The predicted molar refractivity (Wildman–Crippen MR) is 53.5 cm³/mol. The molecule has 1 heterocycles. The van der Waals surface area contributed by atoms with Gasteiger partial charge in [-0.2, -0.15) is 4.57 Å². The molecule has 6 heteroatoms. The van der Waals surface area contributed by atoms with E-state index in [4.69, 9.17) is 9.56 Å². The van der Waals surface area contributed by atoms with Gasteiger partial charge >= 0.3 is 5.89 Å². The van der Waals surface area contributed by atoms with Gasteiger partial charge in [0.1, 0.15) is 7.05 Å². The van der Waals surface area contributed by atoms with Crippen LogP contribution in [0.2, 0.25) is 0 Å². The van der Waals surface area contributed by atoms with Crippen molar-refractivity contribution in [3.8, 4) is 0 Å². The lowest BCUT2D eigenvalue weighted by Crippen LogP contribution is -2.29. The minimum absolute atomic E-state index is 0.0596. The minimum atomic E-state index is -3.67. The van der Waals surface area contributed by atoms with Crippen molar-refractivity contribution in [3.05, 3.63) is 24.1 Å². The highest BCUT2D eigenvalue weighted by Crippen LogP contribution is 2.17. The minimum Gasteiger partial charge on any atom is -0.402 e. The van der Waals surface area contributed by atoms with Crippen molar-refractivity contribution in [2.45, 2.75) is 11.8 Å². The lowest BCUT2D eigenvalue weighted by molar-refractivity contribution is -0.657. The summed E-state index contributed by atoms with van der Waals surface area (Å²) in [5.41, 5.74) is 1.35. The largest absolute Gasteiger partial charge is 0.402 e. The number of rotatable bonds is 1. The first-order valence-electron chi connectivity index (χ1n) is 4.31. The first kappa shape index (κ1) is 10.1. The van der Waals surface area contributed by atoms with E-state index in [1.54, 1.807) is 13.0 Å². The molecule has 0 saturated carbocycles. The van der Waals surface area contributed by atoms with Gasteiger partial charge in [0.05, 0.1) is 11.8 Å². The van der Waals surface area contributed by atoms with E-state index in [9.17, 15) is 8.42 Å². The van der Waals surface area contributed by atoms with Crippen molar-refractivity contribution < 1.29 is 17.4 Å². The van der Waals surface area contributed by atoms with Crippen LogP contribution in [0.5, 0.6) is 0 Å². The molecule has 0 atom stereocenters. The Balaban J connectivity index is 2.78. The van der Waals surface area contributed by atoms with Crippen LogP contribution < -0.4 is 9.71 Å². The van der Waals surface area contributed by atoms with Crippen molar-refractivity contribution in [3.63, 3.8) is 0 Å². The molecule has 80 valence electrons. The summed E-state index contributed by atoms with van der Waals surface area (Å²) in [5.74, 6) is 0.705. The summed E-state index contributed by atoms with van der Waals surface area (Å²) in [6.07, 6.45) is 0. The molecule has 0 fully saturated rings. The highest BCUT2D eigenvalue weighted by Gasteiger charge is 2.17. The molecule has 0 aliphatic heterocycles. The number of aryl methyl sites for hydroxylation is 2. The quantitative estimate of drug-likeness (QED) is 0.707. The van der Waals surface area contributed by atoms with E-state index >= 15 is 0 Å². The van der Waals surface area contributed by atoms with E-state index in [1.807, 2.05) is 11.6 Å². The van der Waals surface area contributed by atoms with E-state index in [-0.39, 0.29) is 4.90 Å². The maximum atomic E-state index is 11.1. The zero-order valence-electron chi connectivity index (χ0n) is 8.39. The van der Waals surface area contributed by atoms with Gasteiger partial charge in [-0.1, -0.05) is 0 Å². The Morgan fingerprint density at radius 3 is 2.67 bits per heavy atom. The Morgan fingerprint density at radius 2 is 2.07 bits per heavy atom. The molecular weight excluding hydrogens is 216 g/mol. The van der Waals surface area contributed by atoms with Crippen LogP contribution in [0, 0.1) is 6.92 Å². The third-order valence-electron chi connectivity index (χ3n) is 2.35. The summed E-state index contributed by atoms with van der Waals surface area (Å²) in [6, 6.07) is 4.57. The SMILES string of the molecule is Cc1oc2cc(S(N)(=O)=O)ccc2[n+]1C. The summed E-state index contributed by atoms with van der Waals surface area (Å²) in [7, 11) is -1.82. The zero-order chi connectivity index (χ0) is 11.2. The number of sulfonamides is 1. The molecule has 0 aliphatic rings. The van der Waals surface area contributed by atoms with Crippen LogP contribution in [0.3, 0.4) is 0 Å². The number of hydrogen-bond acceptors (Lipinski definition) is 3. The van der Waals surface area contributed by atoms with Gasteiger partial charge in [0, 0.05) is 12.1 Å². The van der Waals surface area contributed by atoms with E-state index < -0.39 is 10.0 Å². The average molecular weight is 227 g/mol. The van der Waals surface area contributed by atoms with Gasteiger partial charge in [0.15, 0.2) is 0 Å². The van der Waals surface area contributed by atoms with Crippen molar-refractivity contribution in [2.24, 2.45) is 12.2 Å². The normalized spacial score (nSPS) is 12.2. The van der Waals surface area contributed by atoms with Crippen LogP contribution in [0.4, 0.5) is 0 Å². The summed E-state index contributed by atoms with van der Waals surface area (Å²) in [5, 5.41) is 5.02. The van der Waals surface area contributed by atoms with Crippen molar-refractivity contribution in [2.75, 3.05) is 0 Å². The van der Waals surface area contributed by atoms with Crippen LogP contribution in [0.1, 0.15) is 5.89 Å². The second kappa shape index (κ2) is 3.04. The van der Waals surface area contributed by atoms with Gasteiger partial charge in [0.2, 0.25) is 15.6 Å². The third kappa shape index (κ3) is 1.62. The van der Waals surface area contributed by atoms with E-state index in [0.29, 0.717) is 11.5 Å². The third-order valence-corrected chi connectivity index (χ3v) is 3.26. The first-order valence-corrected chi connectivity index (χ1v) is 5.86. The average Bonchev–Trinajstić information content (AvgIpc) is 2.41. The second-order valence-corrected chi connectivity index (χ2v) is 4.92. The summed E-state index contributed by atoms with van der Waals surface area (Å²) >= 11 is 0. The zero-order valence-corrected chi connectivity index (χ0v) is 9.21. The maximum Gasteiger partial charge on any atom is 0.344 e. The molecule has 0 unspecified atom stereocenters. The van der Waals surface area contributed by atoms with Crippen molar-refractivity contribution >= 4 is 21.1 Å². The Hall–Kier alpha value is -1.40. The second-order valence-electron chi connectivity index (χ2n) is 3.35. The molecule has 0 aliphatic carbocycles. The summed E-state index contributed by atoms with van der Waals surface area (Å²) < 4.78 is 29.4. The lowest BCUT2D eigenvalue weighted by Gasteiger charge is -1.94. The van der Waals surface area contributed by atoms with Gasteiger partial charge in [-0.15, -0.1) is 0 Å². The number of oxazole rings is 1. The Labute approximate surface area is 87.2 Å². The number of nitrogens with two attached hydrogens (primary N) is 1. The van der Waals surface area contributed by atoms with Crippen LogP contribution in [0.25, 0.3) is 11.1 Å². The molecule has 2 aromatic rings. The highest BCUT2D eigenvalue weighted by molar-refractivity contribution is 7.89. The van der Waals surface area contributed by atoms with Gasteiger partial charge in [-0.25, -0.2) is 13.6 Å². The fourth-order valence-electron chi connectivity index (χ4n) is 1.43. The van der Waals surface area contributed by atoms with Crippen molar-refractivity contribution in [1.29, 1.82) is 0 Å². The summed E-state index contributed by atoms with van der Waals surface area (Å²) in [6.45, 7) is 1.80. The molecule has 5 nitrogen and oxygen atoms in total. The van der Waals surface area contributed by atoms with E-state index in [2.05, 4.69) is 0 Å². The predicted octanol–water partition coefficient (Wildman–Crippen LogP) is 0.213. The molecular formula is C9H11N2O3S+. The number of aromatic nitrogens is 1. The van der Waals surface area contributed by atoms with E-state index in [1.165, 1.54) is 12.1 Å². The smallest absolute Gasteiger partial charge is 0.344 e. The van der Waals surface area contributed by atoms with Crippen LogP contribution >= 0.6 is 0 Å². The molecule has 0 amide bonds. The number of benzene rings is 1. The van der Waals surface area contributed by atoms with E-state index in [0.717, 1.165) is 5.52 Å². The fourth-order valence-corrected chi connectivity index (χ4v) is 1.96. The Kier molecular flexibility index (Phi) is 2.06. The first-order chi connectivity index (χ1) is 6.89.